The maximum Gasteiger partial charge on any atom is 0.315 e. The number of amides is 2. The second-order valence-electron chi connectivity index (χ2n) is 2.84. The van der Waals surface area contributed by atoms with Gasteiger partial charge in [0.2, 0.25) is 0 Å². The minimum absolute atomic E-state index is 0. The van der Waals surface area contributed by atoms with Crippen LogP contribution in [0.25, 0.3) is 0 Å². The molecule has 0 radical (unpaired) electrons. The number of nitrogens with zero attached hydrogens (tertiary/aromatic N) is 2. The van der Waals surface area contributed by atoms with Crippen LogP contribution in [0.5, 0.6) is 0 Å². The SMILES string of the molecule is Cl.Cl.NC(=O)N1Cc2ccncc2C1. The molecule has 2 amide bonds. The number of rotatable bonds is 0. The van der Waals surface area contributed by atoms with Crippen molar-refractivity contribution in [3.05, 3.63) is 29.6 Å². The van der Waals surface area contributed by atoms with Gasteiger partial charge in [-0.05, 0) is 17.2 Å². The van der Waals surface area contributed by atoms with Crippen molar-refractivity contribution >= 4 is 30.8 Å². The molecule has 2 N–H and O–H groups in total. The number of hydrogen-bond donors (Lipinski definition) is 1. The van der Waals surface area contributed by atoms with E-state index in [1.807, 2.05) is 6.07 Å². The molecule has 78 valence electrons. The van der Waals surface area contributed by atoms with Crippen molar-refractivity contribution in [2.75, 3.05) is 0 Å². The molecule has 0 aromatic carbocycles. The number of primary amides is 1. The number of carbonyl (C=O) groups is 1. The van der Waals surface area contributed by atoms with Gasteiger partial charge in [0.25, 0.3) is 0 Å². The summed E-state index contributed by atoms with van der Waals surface area (Å²) in [7, 11) is 0. The molecular formula is C8H11Cl2N3O. The van der Waals surface area contributed by atoms with Crippen LogP contribution in [-0.2, 0) is 13.1 Å². The number of halogens is 2. The lowest BCUT2D eigenvalue weighted by atomic mass is 10.2. The molecule has 1 aromatic rings. The van der Waals surface area contributed by atoms with Gasteiger partial charge < -0.3 is 10.6 Å². The highest BCUT2D eigenvalue weighted by molar-refractivity contribution is 5.85. The first-order chi connectivity index (χ1) is 5.77. The molecule has 2 rings (SSSR count). The Morgan fingerprint density at radius 1 is 1.36 bits per heavy atom. The molecule has 0 saturated carbocycles. The normalized spacial score (nSPS) is 12.4. The first-order valence-electron chi connectivity index (χ1n) is 3.73. The molecule has 0 spiro atoms. The van der Waals surface area contributed by atoms with Crippen molar-refractivity contribution < 1.29 is 4.79 Å². The Kier molecular flexibility index (Phi) is 4.67. The molecule has 1 aliphatic heterocycles. The fraction of sp³-hybridized carbons (Fsp3) is 0.250. The van der Waals surface area contributed by atoms with Crippen molar-refractivity contribution in [1.82, 2.24) is 9.88 Å². The number of aromatic nitrogens is 1. The van der Waals surface area contributed by atoms with Gasteiger partial charge in [-0.15, -0.1) is 24.8 Å². The fourth-order valence-corrected chi connectivity index (χ4v) is 1.38. The maximum atomic E-state index is 10.8. The van der Waals surface area contributed by atoms with Gasteiger partial charge in [0.1, 0.15) is 0 Å². The van der Waals surface area contributed by atoms with E-state index < -0.39 is 0 Å². The Labute approximate surface area is 94.3 Å². The average molecular weight is 236 g/mol. The lowest BCUT2D eigenvalue weighted by Gasteiger charge is -2.10. The van der Waals surface area contributed by atoms with E-state index in [2.05, 4.69) is 4.98 Å². The first kappa shape index (κ1) is 13.0. The van der Waals surface area contributed by atoms with Gasteiger partial charge in [-0.1, -0.05) is 0 Å². The Morgan fingerprint density at radius 2 is 2.00 bits per heavy atom. The molecule has 0 unspecified atom stereocenters. The second kappa shape index (κ2) is 5.02. The molecule has 2 heterocycles. The van der Waals surface area contributed by atoms with E-state index in [0.717, 1.165) is 11.1 Å². The van der Waals surface area contributed by atoms with Gasteiger partial charge >= 0.3 is 6.03 Å². The third kappa shape index (κ3) is 2.27. The highest BCUT2D eigenvalue weighted by Crippen LogP contribution is 2.20. The van der Waals surface area contributed by atoms with E-state index in [0.29, 0.717) is 13.1 Å². The van der Waals surface area contributed by atoms with Crippen molar-refractivity contribution in [3.63, 3.8) is 0 Å². The van der Waals surface area contributed by atoms with Crippen LogP contribution in [-0.4, -0.2) is 15.9 Å². The predicted octanol–water partition coefficient (Wildman–Crippen LogP) is 1.32. The summed E-state index contributed by atoms with van der Waals surface area (Å²) in [6.07, 6.45) is 3.50. The van der Waals surface area contributed by atoms with Crippen LogP contribution in [0.2, 0.25) is 0 Å². The van der Waals surface area contributed by atoms with Gasteiger partial charge in [0.15, 0.2) is 0 Å². The molecule has 0 fully saturated rings. The highest BCUT2D eigenvalue weighted by Gasteiger charge is 2.20. The summed E-state index contributed by atoms with van der Waals surface area (Å²) in [5, 5.41) is 0. The standard InChI is InChI=1S/C8H9N3O.2ClH/c9-8(12)11-4-6-1-2-10-3-7(6)5-11;;/h1-3H,4-5H2,(H2,9,12);2*1H. The zero-order valence-corrected chi connectivity index (χ0v) is 8.98. The summed E-state index contributed by atoms with van der Waals surface area (Å²) in [5.41, 5.74) is 7.38. The maximum absolute atomic E-state index is 10.8. The average Bonchev–Trinajstić information content (AvgIpc) is 2.46. The van der Waals surface area contributed by atoms with Crippen LogP contribution < -0.4 is 5.73 Å². The number of urea groups is 1. The number of nitrogens with two attached hydrogens (primary N) is 1. The van der Waals surface area contributed by atoms with Gasteiger partial charge in [-0.25, -0.2) is 4.79 Å². The minimum Gasteiger partial charge on any atom is -0.351 e. The lowest BCUT2D eigenvalue weighted by molar-refractivity contribution is 0.208. The number of carbonyl (C=O) groups excluding carboxylic acids is 1. The number of pyridine rings is 1. The summed E-state index contributed by atoms with van der Waals surface area (Å²) in [6.45, 7) is 1.21. The van der Waals surface area contributed by atoms with E-state index in [1.54, 1.807) is 17.3 Å². The van der Waals surface area contributed by atoms with Crippen molar-refractivity contribution in [2.45, 2.75) is 13.1 Å². The van der Waals surface area contributed by atoms with Crippen molar-refractivity contribution in [3.8, 4) is 0 Å². The zero-order chi connectivity index (χ0) is 8.55. The van der Waals surface area contributed by atoms with Crippen LogP contribution in [0.3, 0.4) is 0 Å². The van der Waals surface area contributed by atoms with Crippen LogP contribution in [0.1, 0.15) is 11.1 Å². The predicted molar refractivity (Wildman–Crippen MR) is 57.6 cm³/mol. The van der Waals surface area contributed by atoms with Crippen LogP contribution in [0, 0.1) is 0 Å². The van der Waals surface area contributed by atoms with E-state index in [1.165, 1.54) is 0 Å². The van der Waals surface area contributed by atoms with E-state index in [4.69, 9.17) is 5.73 Å². The van der Waals surface area contributed by atoms with Gasteiger partial charge in [-0.3, -0.25) is 4.98 Å². The Balaban J connectivity index is 0.000000845. The lowest BCUT2D eigenvalue weighted by Crippen LogP contribution is -2.30. The fourth-order valence-electron chi connectivity index (χ4n) is 1.38. The van der Waals surface area contributed by atoms with Gasteiger partial charge in [0.05, 0.1) is 0 Å². The molecule has 0 atom stereocenters. The largest absolute Gasteiger partial charge is 0.351 e. The molecule has 14 heavy (non-hydrogen) atoms. The van der Waals surface area contributed by atoms with Gasteiger partial charge in [-0.2, -0.15) is 0 Å². The van der Waals surface area contributed by atoms with E-state index >= 15 is 0 Å². The zero-order valence-electron chi connectivity index (χ0n) is 7.34. The molecular weight excluding hydrogens is 225 g/mol. The molecule has 0 saturated heterocycles. The monoisotopic (exact) mass is 235 g/mol. The Bertz CT molecular complexity index is 307. The molecule has 1 aliphatic rings. The van der Waals surface area contributed by atoms with Crippen LogP contribution in [0.15, 0.2) is 18.5 Å². The Morgan fingerprint density at radius 3 is 2.57 bits per heavy atom. The summed E-state index contributed by atoms with van der Waals surface area (Å²) in [5.74, 6) is 0. The second-order valence-corrected chi connectivity index (χ2v) is 2.84. The number of hydrogen-bond acceptors (Lipinski definition) is 2. The van der Waals surface area contributed by atoms with Crippen LogP contribution in [0.4, 0.5) is 4.79 Å². The third-order valence-corrected chi connectivity index (χ3v) is 2.04. The van der Waals surface area contributed by atoms with Crippen LogP contribution >= 0.6 is 24.8 Å². The third-order valence-electron chi connectivity index (χ3n) is 2.04. The smallest absolute Gasteiger partial charge is 0.315 e. The summed E-state index contributed by atoms with van der Waals surface area (Å²) in [6, 6.07) is 1.55. The van der Waals surface area contributed by atoms with Crippen molar-refractivity contribution in [2.24, 2.45) is 5.73 Å². The number of fused-ring (bicyclic) bond motifs is 1. The highest BCUT2D eigenvalue weighted by atomic mass is 35.5. The topological polar surface area (TPSA) is 59.2 Å². The molecule has 0 bridgehead atoms. The molecule has 0 aliphatic carbocycles. The summed E-state index contributed by atoms with van der Waals surface area (Å²) >= 11 is 0. The molecule has 4 nitrogen and oxygen atoms in total. The van der Waals surface area contributed by atoms with Crippen molar-refractivity contribution in [1.29, 1.82) is 0 Å². The molecule has 6 heteroatoms. The Hall–Kier alpha value is -1.00. The summed E-state index contributed by atoms with van der Waals surface area (Å²) in [4.78, 5) is 16.4. The quantitative estimate of drug-likeness (QED) is 0.738. The first-order valence-corrected chi connectivity index (χ1v) is 3.73. The minimum atomic E-state index is -0.369. The summed E-state index contributed by atoms with van der Waals surface area (Å²) < 4.78 is 0. The van der Waals surface area contributed by atoms with E-state index in [-0.39, 0.29) is 30.8 Å². The van der Waals surface area contributed by atoms with E-state index in [9.17, 15) is 4.79 Å². The molecule has 1 aromatic heterocycles. The van der Waals surface area contributed by atoms with Gasteiger partial charge in [0, 0.05) is 25.5 Å².